The molecule has 8 heteroatoms. The van der Waals surface area contributed by atoms with Crippen molar-refractivity contribution < 1.29 is 37.7 Å². The topological polar surface area (TPSA) is 88.1 Å². The Balaban J connectivity index is 1.42. The average Bonchev–Trinajstić information content (AvgIpc) is 3.18. The molecule has 0 spiro atoms. The van der Waals surface area contributed by atoms with Crippen LogP contribution in [0.2, 0.25) is 0 Å². The van der Waals surface area contributed by atoms with E-state index >= 15 is 0 Å². The van der Waals surface area contributed by atoms with Gasteiger partial charge in [-0.1, -0.05) is 32.2 Å². The summed E-state index contributed by atoms with van der Waals surface area (Å²) in [5.41, 5.74) is 5.44. The zero-order chi connectivity index (χ0) is 27.4. The molecule has 0 fully saturated rings. The van der Waals surface area contributed by atoms with Gasteiger partial charge in [-0.3, -0.25) is 0 Å². The normalized spacial score (nSPS) is 13.1. The Kier molecular flexibility index (Phi) is 7.71. The van der Waals surface area contributed by atoms with Gasteiger partial charge in [-0.2, -0.15) is 4.39 Å². The maximum atomic E-state index is 12.9. The van der Waals surface area contributed by atoms with Crippen LogP contribution in [-0.4, -0.2) is 31.1 Å². The van der Waals surface area contributed by atoms with E-state index in [4.69, 9.17) is 14.2 Å². The number of carbonyl (C=O) groups is 3. The van der Waals surface area contributed by atoms with E-state index in [0.717, 1.165) is 28.5 Å². The summed E-state index contributed by atoms with van der Waals surface area (Å²) < 4.78 is 33.3. The third-order valence-electron chi connectivity index (χ3n) is 6.14. The predicted octanol–water partition coefficient (Wildman–Crippen LogP) is 6.05. The Morgan fingerprint density at radius 1 is 0.921 bits per heavy atom. The van der Waals surface area contributed by atoms with Gasteiger partial charge in [0.15, 0.2) is 0 Å². The molecule has 0 aliphatic heterocycles. The van der Waals surface area contributed by atoms with E-state index in [1.807, 2.05) is 25.1 Å². The summed E-state index contributed by atoms with van der Waals surface area (Å²) >= 11 is 0. The standard InChI is InChI=1S/C30H25FO7/c1-5-35-29(33)20-6-9-23-24-10-7-21(16-26(24)18(3)25(23)15-20)30(34)38-22-8-11-27(17(2)14-22)36-12-13-37-28(32)19(4)31/h5-11,14-16,18H,1,4,12-13H2,2-3H3. The minimum absolute atomic E-state index is 0.0195. The van der Waals surface area contributed by atoms with Crippen molar-refractivity contribution in [2.75, 3.05) is 13.2 Å². The Hall–Kier alpha value is -4.72. The summed E-state index contributed by atoms with van der Waals surface area (Å²) in [6.07, 6.45) is 1.10. The first-order valence-electron chi connectivity index (χ1n) is 11.8. The fourth-order valence-corrected chi connectivity index (χ4v) is 4.28. The smallest absolute Gasteiger partial charge is 0.366 e. The molecule has 3 aromatic rings. The van der Waals surface area contributed by atoms with Crippen molar-refractivity contribution >= 4 is 17.9 Å². The van der Waals surface area contributed by atoms with Crippen LogP contribution in [0.25, 0.3) is 11.1 Å². The van der Waals surface area contributed by atoms with Gasteiger partial charge in [-0.25, -0.2) is 14.4 Å². The molecule has 0 saturated carbocycles. The average molecular weight is 517 g/mol. The van der Waals surface area contributed by atoms with Crippen molar-refractivity contribution in [2.24, 2.45) is 0 Å². The number of esters is 3. The van der Waals surface area contributed by atoms with Gasteiger partial charge in [0.05, 0.1) is 17.4 Å². The van der Waals surface area contributed by atoms with E-state index in [-0.39, 0.29) is 19.1 Å². The predicted molar refractivity (Wildman–Crippen MR) is 138 cm³/mol. The lowest BCUT2D eigenvalue weighted by Crippen LogP contribution is -2.12. The largest absolute Gasteiger partial charge is 0.490 e. The van der Waals surface area contributed by atoms with E-state index in [1.165, 1.54) is 0 Å². The Bertz CT molecular complexity index is 1460. The minimum Gasteiger partial charge on any atom is -0.490 e. The SMILES string of the molecule is C=COC(=O)c1ccc2c(c1)C(C)c1cc(C(=O)Oc3ccc(OCCOC(=O)C(=C)F)c(C)c3)ccc1-2. The van der Waals surface area contributed by atoms with Crippen LogP contribution in [0.15, 0.2) is 79.8 Å². The summed E-state index contributed by atoms with van der Waals surface area (Å²) in [5.74, 6) is -2.50. The third kappa shape index (κ3) is 5.49. The lowest BCUT2D eigenvalue weighted by molar-refractivity contribution is -0.141. The number of benzene rings is 3. The molecule has 3 aromatic carbocycles. The van der Waals surface area contributed by atoms with Gasteiger partial charge in [-0.15, -0.1) is 0 Å². The van der Waals surface area contributed by atoms with Gasteiger partial charge in [0.25, 0.3) is 0 Å². The first-order valence-corrected chi connectivity index (χ1v) is 11.8. The highest BCUT2D eigenvalue weighted by atomic mass is 19.1. The van der Waals surface area contributed by atoms with Gasteiger partial charge in [0.2, 0.25) is 5.83 Å². The number of rotatable bonds is 9. The molecular weight excluding hydrogens is 491 g/mol. The first-order chi connectivity index (χ1) is 18.2. The van der Waals surface area contributed by atoms with Gasteiger partial charge in [0, 0.05) is 5.92 Å². The van der Waals surface area contributed by atoms with E-state index in [1.54, 1.807) is 43.3 Å². The molecule has 38 heavy (non-hydrogen) atoms. The van der Waals surface area contributed by atoms with Crippen LogP contribution in [-0.2, 0) is 14.3 Å². The lowest BCUT2D eigenvalue weighted by atomic mass is 9.97. The highest BCUT2D eigenvalue weighted by Crippen LogP contribution is 2.45. The Morgan fingerprint density at radius 2 is 1.55 bits per heavy atom. The molecule has 4 rings (SSSR count). The molecular formula is C30H25FO7. The van der Waals surface area contributed by atoms with Crippen molar-refractivity contribution in [2.45, 2.75) is 19.8 Å². The fraction of sp³-hybridized carbons (Fsp3) is 0.167. The highest BCUT2D eigenvalue weighted by molar-refractivity contribution is 5.95. The van der Waals surface area contributed by atoms with Crippen molar-refractivity contribution in [3.63, 3.8) is 0 Å². The van der Waals surface area contributed by atoms with E-state index < -0.39 is 23.7 Å². The van der Waals surface area contributed by atoms with Crippen molar-refractivity contribution in [3.05, 3.63) is 108 Å². The second-order valence-electron chi connectivity index (χ2n) is 8.60. The molecule has 0 heterocycles. The van der Waals surface area contributed by atoms with Crippen molar-refractivity contribution in [1.82, 2.24) is 0 Å². The molecule has 1 atom stereocenters. The highest BCUT2D eigenvalue weighted by Gasteiger charge is 2.28. The second kappa shape index (κ2) is 11.1. The van der Waals surface area contributed by atoms with E-state index in [2.05, 4.69) is 17.9 Å². The number of halogens is 1. The number of hydrogen-bond donors (Lipinski definition) is 0. The van der Waals surface area contributed by atoms with Crippen LogP contribution in [0.3, 0.4) is 0 Å². The molecule has 1 aliphatic rings. The number of carbonyl (C=O) groups excluding carboxylic acids is 3. The molecule has 1 unspecified atom stereocenters. The fourth-order valence-electron chi connectivity index (χ4n) is 4.28. The summed E-state index contributed by atoms with van der Waals surface area (Å²) in [6, 6.07) is 15.7. The summed E-state index contributed by atoms with van der Waals surface area (Å²) in [7, 11) is 0. The van der Waals surface area contributed by atoms with Gasteiger partial charge in [-0.05, 0) is 77.2 Å². The van der Waals surface area contributed by atoms with Crippen LogP contribution >= 0.6 is 0 Å². The number of aryl methyl sites for hydroxylation is 1. The molecule has 1 aliphatic carbocycles. The van der Waals surface area contributed by atoms with Gasteiger partial charge >= 0.3 is 17.9 Å². The summed E-state index contributed by atoms with van der Waals surface area (Å²) in [4.78, 5) is 36.1. The monoisotopic (exact) mass is 516 g/mol. The van der Waals surface area contributed by atoms with Gasteiger partial charge < -0.3 is 18.9 Å². The number of fused-ring (bicyclic) bond motifs is 3. The minimum atomic E-state index is -1.17. The maximum Gasteiger partial charge on any atom is 0.366 e. The third-order valence-corrected chi connectivity index (χ3v) is 6.14. The Morgan fingerprint density at radius 3 is 2.13 bits per heavy atom. The maximum absolute atomic E-state index is 12.9. The molecule has 0 amide bonds. The number of hydrogen-bond acceptors (Lipinski definition) is 7. The molecule has 194 valence electrons. The summed E-state index contributed by atoms with van der Waals surface area (Å²) in [5, 5.41) is 0. The zero-order valence-corrected chi connectivity index (χ0v) is 20.9. The van der Waals surface area contributed by atoms with E-state index in [0.29, 0.717) is 28.2 Å². The molecule has 0 N–H and O–H groups in total. The summed E-state index contributed by atoms with van der Waals surface area (Å²) in [6.45, 7) is 9.95. The molecule has 0 bridgehead atoms. The second-order valence-corrected chi connectivity index (χ2v) is 8.60. The van der Waals surface area contributed by atoms with Crippen LogP contribution in [0, 0.1) is 6.92 Å². The molecule has 0 saturated heterocycles. The van der Waals surface area contributed by atoms with Crippen LogP contribution < -0.4 is 9.47 Å². The van der Waals surface area contributed by atoms with Crippen LogP contribution in [0.4, 0.5) is 4.39 Å². The molecule has 7 nitrogen and oxygen atoms in total. The number of ether oxygens (including phenoxy) is 4. The van der Waals surface area contributed by atoms with E-state index in [9.17, 15) is 18.8 Å². The lowest BCUT2D eigenvalue weighted by Gasteiger charge is -2.12. The van der Waals surface area contributed by atoms with Crippen LogP contribution in [0.5, 0.6) is 11.5 Å². The first kappa shape index (κ1) is 26.3. The van der Waals surface area contributed by atoms with Gasteiger partial charge in [0.1, 0.15) is 24.7 Å². The quantitative estimate of drug-likeness (QED) is 0.112. The molecule has 0 aromatic heterocycles. The zero-order valence-electron chi connectivity index (χ0n) is 20.9. The molecule has 0 radical (unpaired) electrons. The van der Waals surface area contributed by atoms with Crippen LogP contribution in [0.1, 0.15) is 50.2 Å². The van der Waals surface area contributed by atoms with Crippen molar-refractivity contribution in [3.8, 4) is 22.6 Å². The Labute approximate surface area is 219 Å². The van der Waals surface area contributed by atoms with Crippen molar-refractivity contribution in [1.29, 1.82) is 0 Å².